The van der Waals surface area contributed by atoms with Crippen LogP contribution in [0.1, 0.15) is 38.8 Å². The van der Waals surface area contributed by atoms with Crippen molar-refractivity contribution in [1.82, 2.24) is 0 Å². The molecule has 0 fully saturated rings. The zero-order valence-corrected chi connectivity index (χ0v) is 25.5. The minimum Gasteiger partial charge on any atom is -1.00 e. The Balaban J connectivity index is 0.00000353. The van der Waals surface area contributed by atoms with Crippen molar-refractivity contribution in [3.8, 4) is 5.69 Å². The SMILES string of the molecule is CCOC(=O)Cc1c(C(=O)c2ccccc2)sc(SCc2c(C)ccc3ccccc23)c1-[n+]1ccccc1.[I-]. The van der Waals surface area contributed by atoms with Crippen molar-refractivity contribution in [2.24, 2.45) is 0 Å². The highest BCUT2D eigenvalue weighted by atomic mass is 127. The standard InChI is InChI=1S/C32H28NO3S2.HI/c1-3-36-28(34)20-26-29(33-18-10-5-11-19-33)32(38-31(26)30(35)24-13-6-4-7-14-24)37-21-27-22(2)16-17-23-12-8-9-15-25(23)27;/h4-19H,3,20-21H2,1-2H3;1H/q+1;/p-1. The number of aromatic nitrogens is 1. The highest BCUT2D eigenvalue weighted by molar-refractivity contribution is 8.00. The molecule has 3 aromatic carbocycles. The van der Waals surface area contributed by atoms with Crippen LogP contribution in [0.3, 0.4) is 0 Å². The number of hydrogen-bond acceptors (Lipinski definition) is 5. The first kappa shape index (κ1) is 29.0. The molecule has 0 unspecified atom stereocenters. The first-order chi connectivity index (χ1) is 18.6. The molecule has 0 aliphatic rings. The van der Waals surface area contributed by atoms with Gasteiger partial charge in [0.2, 0.25) is 11.5 Å². The lowest BCUT2D eigenvalue weighted by Gasteiger charge is -2.10. The van der Waals surface area contributed by atoms with E-state index in [0.29, 0.717) is 22.6 Å². The van der Waals surface area contributed by atoms with E-state index in [1.54, 1.807) is 18.7 Å². The second kappa shape index (κ2) is 13.4. The highest BCUT2D eigenvalue weighted by Crippen LogP contribution is 2.41. The van der Waals surface area contributed by atoms with E-state index in [1.165, 1.54) is 33.2 Å². The number of ketones is 1. The molecule has 0 N–H and O–H groups in total. The summed E-state index contributed by atoms with van der Waals surface area (Å²) in [4.78, 5) is 27.1. The van der Waals surface area contributed by atoms with Gasteiger partial charge >= 0.3 is 5.97 Å². The second-order valence-electron chi connectivity index (χ2n) is 8.88. The van der Waals surface area contributed by atoms with Crippen molar-refractivity contribution in [1.29, 1.82) is 0 Å². The summed E-state index contributed by atoms with van der Waals surface area (Å²) in [5.74, 6) is 0.318. The molecule has 2 aromatic heterocycles. The molecular formula is C32H28INO3S2. The van der Waals surface area contributed by atoms with Gasteiger partial charge in [-0.15, -0.1) is 23.1 Å². The number of hydrogen-bond donors (Lipinski definition) is 0. The molecule has 5 aromatic rings. The number of thioether (sulfide) groups is 1. The summed E-state index contributed by atoms with van der Waals surface area (Å²) in [6, 6.07) is 27.8. The fourth-order valence-electron chi connectivity index (χ4n) is 4.54. The Hall–Kier alpha value is -3.01. The summed E-state index contributed by atoms with van der Waals surface area (Å²) in [6.07, 6.45) is 3.95. The van der Waals surface area contributed by atoms with E-state index in [1.807, 2.05) is 65.5 Å². The van der Waals surface area contributed by atoms with Gasteiger partial charge in [0, 0.05) is 23.4 Å². The normalized spacial score (nSPS) is 10.7. The first-order valence-electron chi connectivity index (χ1n) is 12.5. The van der Waals surface area contributed by atoms with Crippen molar-refractivity contribution >= 4 is 45.6 Å². The number of fused-ring (bicyclic) bond motifs is 1. The zero-order chi connectivity index (χ0) is 26.5. The van der Waals surface area contributed by atoms with E-state index in [-0.39, 0.29) is 42.2 Å². The van der Waals surface area contributed by atoms with Gasteiger partial charge in [-0.3, -0.25) is 9.59 Å². The fraction of sp³-hybridized carbons (Fsp3) is 0.156. The Morgan fingerprint density at radius 2 is 1.56 bits per heavy atom. The Morgan fingerprint density at radius 3 is 2.31 bits per heavy atom. The van der Waals surface area contributed by atoms with Crippen molar-refractivity contribution < 1.29 is 42.9 Å². The van der Waals surface area contributed by atoms with Crippen LogP contribution < -0.4 is 28.5 Å². The molecule has 0 saturated heterocycles. The van der Waals surface area contributed by atoms with Gasteiger partial charge in [-0.1, -0.05) is 72.8 Å². The molecular weight excluding hydrogens is 637 g/mol. The van der Waals surface area contributed by atoms with Gasteiger partial charge in [0.25, 0.3) is 0 Å². The minimum atomic E-state index is -0.341. The lowest BCUT2D eigenvalue weighted by Crippen LogP contribution is -3.00. The number of pyridine rings is 1. The van der Waals surface area contributed by atoms with Crippen molar-refractivity contribution in [3.05, 3.63) is 124 Å². The summed E-state index contributed by atoms with van der Waals surface area (Å²) >= 11 is 3.16. The van der Waals surface area contributed by atoms with E-state index in [4.69, 9.17) is 4.74 Å². The average molecular weight is 666 g/mol. The fourth-order valence-corrected chi connectivity index (χ4v) is 7.24. The van der Waals surface area contributed by atoms with E-state index in [9.17, 15) is 9.59 Å². The molecule has 0 atom stereocenters. The van der Waals surface area contributed by atoms with Crippen LogP contribution in [0.2, 0.25) is 0 Å². The Morgan fingerprint density at radius 1 is 0.872 bits per heavy atom. The Bertz CT molecular complexity index is 1600. The highest BCUT2D eigenvalue weighted by Gasteiger charge is 2.31. The van der Waals surface area contributed by atoms with Crippen LogP contribution >= 0.6 is 23.1 Å². The number of rotatable bonds is 9. The predicted molar refractivity (Wildman–Crippen MR) is 154 cm³/mol. The monoisotopic (exact) mass is 665 g/mol. The van der Waals surface area contributed by atoms with Crippen LogP contribution in [0, 0.1) is 6.92 Å². The summed E-state index contributed by atoms with van der Waals surface area (Å²) in [5.41, 5.74) is 4.67. The lowest BCUT2D eigenvalue weighted by atomic mass is 10.0. The number of nitrogens with zero attached hydrogens (tertiary/aromatic N) is 1. The van der Waals surface area contributed by atoms with Gasteiger partial charge in [-0.05, 0) is 35.7 Å². The van der Waals surface area contributed by atoms with Crippen molar-refractivity contribution in [3.63, 3.8) is 0 Å². The molecule has 39 heavy (non-hydrogen) atoms. The van der Waals surface area contributed by atoms with Crippen LogP contribution in [0.15, 0.2) is 102 Å². The number of benzene rings is 3. The predicted octanol–water partition coefficient (Wildman–Crippen LogP) is 4.12. The summed E-state index contributed by atoms with van der Waals surface area (Å²) in [6.45, 7) is 4.23. The van der Waals surface area contributed by atoms with Gasteiger partial charge in [0.1, 0.15) is 4.21 Å². The maximum absolute atomic E-state index is 13.7. The number of halogens is 1. The number of carbonyl (C=O) groups excluding carboxylic acids is 2. The molecule has 5 rings (SSSR count). The second-order valence-corrected chi connectivity index (χ2v) is 11.1. The number of esters is 1. The maximum atomic E-state index is 13.7. The quantitative estimate of drug-likeness (QED) is 0.0783. The van der Waals surface area contributed by atoms with Gasteiger partial charge in [0.05, 0.1) is 23.5 Å². The molecule has 0 spiro atoms. The summed E-state index contributed by atoms with van der Waals surface area (Å²) < 4.78 is 8.32. The van der Waals surface area contributed by atoms with Gasteiger partial charge in [0.15, 0.2) is 12.4 Å². The third-order valence-corrected chi connectivity index (χ3v) is 8.92. The Kier molecular flexibility index (Phi) is 9.94. The average Bonchev–Trinajstić information content (AvgIpc) is 3.30. The molecule has 4 nitrogen and oxygen atoms in total. The van der Waals surface area contributed by atoms with Crippen LogP contribution in [0.5, 0.6) is 0 Å². The number of ether oxygens (including phenoxy) is 1. The molecule has 0 radical (unpaired) electrons. The molecule has 7 heteroatoms. The largest absolute Gasteiger partial charge is 1.00 e. The van der Waals surface area contributed by atoms with Crippen LogP contribution in [-0.2, 0) is 21.7 Å². The topological polar surface area (TPSA) is 47.3 Å². The summed E-state index contributed by atoms with van der Waals surface area (Å²) in [7, 11) is 0. The first-order valence-corrected chi connectivity index (χ1v) is 14.3. The molecule has 0 aliphatic carbocycles. The molecule has 0 bridgehead atoms. The molecule has 0 saturated carbocycles. The number of carbonyl (C=O) groups is 2. The minimum absolute atomic E-state index is 0. The van der Waals surface area contributed by atoms with Gasteiger partial charge in [-0.25, -0.2) is 0 Å². The molecule has 2 heterocycles. The van der Waals surface area contributed by atoms with E-state index in [2.05, 4.69) is 43.3 Å². The third kappa shape index (κ3) is 6.42. The molecule has 0 aliphatic heterocycles. The Labute approximate surface area is 254 Å². The smallest absolute Gasteiger partial charge is 0.310 e. The van der Waals surface area contributed by atoms with Crippen LogP contribution in [-0.4, -0.2) is 18.4 Å². The lowest BCUT2D eigenvalue weighted by molar-refractivity contribution is -0.598. The third-order valence-electron chi connectivity index (χ3n) is 6.41. The number of thiophene rings is 1. The maximum Gasteiger partial charge on any atom is 0.310 e. The summed E-state index contributed by atoms with van der Waals surface area (Å²) in [5, 5.41) is 2.44. The zero-order valence-electron chi connectivity index (χ0n) is 21.7. The van der Waals surface area contributed by atoms with Crippen LogP contribution in [0.4, 0.5) is 0 Å². The molecule has 198 valence electrons. The van der Waals surface area contributed by atoms with Crippen molar-refractivity contribution in [2.45, 2.75) is 30.2 Å². The van der Waals surface area contributed by atoms with Crippen LogP contribution in [0.25, 0.3) is 16.5 Å². The molecule has 0 amide bonds. The number of aryl methyl sites for hydroxylation is 1. The van der Waals surface area contributed by atoms with Gasteiger partial charge in [-0.2, -0.15) is 4.57 Å². The van der Waals surface area contributed by atoms with Crippen molar-refractivity contribution in [2.75, 3.05) is 6.61 Å². The van der Waals surface area contributed by atoms with Gasteiger partial charge < -0.3 is 28.7 Å². The van der Waals surface area contributed by atoms with E-state index >= 15 is 0 Å². The van der Waals surface area contributed by atoms with E-state index in [0.717, 1.165) is 15.6 Å². The van der Waals surface area contributed by atoms with E-state index < -0.39 is 0 Å².